The van der Waals surface area contributed by atoms with Crippen LogP contribution in [-0.4, -0.2) is 20.3 Å². The third-order valence-corrected chi connectivity index (χ3v) is 3.71. The molecule has 0 radical (unpaired) electrons. The van der Waals surface area contributed by atoms with Crippen LogP contribution >= 0.6 is 0 Å². The molecule has 0 saturated heterocycles. The van der Waals surface area contributed by atoms with E-state index in [-0.39, 0.29) is 5.75 Å². The van der Waals surface area contributed by atoms with Crippen molar-refractivity contribution >= 4 is 5.69 Å². The van der Waals surface area contributed by atoms with Gasteiger partial charge in [0.05, 0.1) is 12.8 Å². The van der Waals surface area contributed by atoms with Crippen LogP contribution in [0.25, 0.3) is 0 Å². The first-order valence-corrected chi connectivity index (χ1v) is 7.05. The van der Waals surface area contributed by atoms with Crippen molar-refractivity contribution in [3.8, 4) is 11.5 Å². The summed E-state index contributed by atoms with van der Waals surface area (Å²) >= 11 is 0. The van der Waals surface area contributed by atoms with Gasteiger partial charge in [-0.05, 0) is 30.9 Å². The van der Waals surface area contributed by atoms with E-state index in [1.165, 1.54) is 38.2 Å². The van der Waals surface area contributed by atoms with Gasteiger partial charge in [0.1, 0.15) is 11.5 Å². The smallest absolute Gasteiger partial charge is 0.387 e. The molecule has 112 valence electrons. The van der Waals surface area contributed by atoms with Gasteiger partial charge in [-0.1, -0.05) is 19.3 Å². The van der Waals surface area contributed by atoms with Crippen LogP contribution in [-0.2, 0) is 0 Å². The Morgan fingerprint density at radius 2 is 2.00 bits per heavy atom. The molecular formula is C15H21F2NO2. The summed E-state index contributed by atoms with van der Waals surface area (Å²) in [5, 5.41) is 3.22. The van der Waals surface area contributed by atoms with Crippen molar-refractivity contribution in [2.75, 3.05) is 19.0 Å². The number of halogens is 2. The zero-order valence-electron chi connectivity index (χ0n) is 11.7. The Hall–Kier alpha value is -1.52. The monoisotopic (exact) mass is 285 g/mol. The van der Waals surface area contributed by atoms with Crippen molar-refractivity contribution in [2.45, 2.75) is 38.7 Å². The fraction of sp³-hybridized carbons (Fsp3) is 0.600. The second-order valence-corrected chi connectivity index (χ2v) is 5.13. The van der Waals surface area contributed by atoms with E-state index in [0.717, 1.165) is 6.54 Å². The minimum absolute atomic E-state index is 0.164. The maximum Gasteiger partial charge on any atom is 0.387 e. The van der Waals surface area contributed by atoms with E-state index in [1.54, 1.807) is 19.2 Å². The van der Waals surface area contributed by atoms with E-state index in [2.05, 4.69) is 10.1 Å². The fourth-order valence-corrected chi connectivity index (χ4v) is 2.62. The van der Waals surface area contributed by atoms with Crippen LogP contribution < -0.4 is 14.8 Å². The van der Waals surface area contributed by atoms with Crippen molar-refractivity contribution in [3.05, 3.63) is 18.2 Å². The van der Waals surface area contributed by atoms with E-state index in [4.69, 9.17) is 4.74 Å². The Balaban J connectivity index is 2.02. The molecule has 0 heterocycles. The molecule has 0 unspecified atom stereocenters. The highest BCUT2D eigenvalue weighted by atomic mass is 19.3. The number of ether oxygens (including phenoxy) is 2. The topological polar surface area (TPSA) is 30.5 Å². The van der Waals surface area contributed by atoms with Crippen LogP contribution in [0.3, 0.4) is 0 Å². The molecule has 3 nitrogen and oxygen atoms in total. The maximum atomic E-state index is 12.4. The van der Waals surface area contributed by atoms with Gasteiger partial charge in [-0.15, -0.1) is 0 Å². The molecule has 1 aliphatic carbocycles. The van der Waals surface area contributed by atoms with E-state index >= 15 is 0 Å². The van der Waals surface area contributed by atoms with E-state index in [1.807, 2.05) is 0 Å². The minimum atomic E-state index is -2.82. The maximum absolute atomic E-state index is 12.4. The van der Waals surface area contributed by atoms with Crippen LogP contribution in [0.4, 0.5) is 14.5 Å². The molecule has 0 bridgehead atoms. The molecule has 1 saturated carbocycles. The van der Waals surface area contributed by atoms with Crippen molar-refractivity contribution in [1.29, 1.82) is 0 Å². The largest absolute Gasteiger partial charge is 0.497 e. The lowest BCUT2D eigenvalue weighted by Crippen LogP contribution is -2.17. The molecule has 1 N–H and O–H groups in total. The number of methoxy groups -OCH3 is 1. The molecule has 0 aromatic heterocycles. The number of anilines is 1. The molecule has 1 aliphatic rings. The molecule has 0 amide bonds. The van der Waals surface area contributed by atoms with Crippen LogP contribution in [0.1, 0.15) is 32.1 Å². The normalized spacial score (nSPS) is 16.2. The summed E-state index contributed by atoms with van der Waals surface area (Å²) in [6.45, 7) is -2.04. The number of alkyl halides is 2. The molecule has 0 aliphatic heterocycles. The number of nitrogens with one attached hydrogen (secondary N) is 1. The zero-order valence-corrected chi connectivity index (χ0v) is 11.7. The predicted octanol–water partition coefficient (Wildman–Crippen LogP) is 4.29. The van der Waals surface area contributed by atoms with Crippen molar-refractivity contribution in [1.82, 2.24) is 0 Å². The average Bonchev–Trinajstić information content (AvgIpc) is 2.47. The van der Waals surface area contributed by atoms with Crippen LogP contribution in [0, 0.1) is 5.92 Å². The Labute approximate surface area is 118 Å². The molecule has 5 heteroatoms. The Morgan fingerprint density at radius 3 is 2.65 bits per heavy atom. The number of benzene rings is 1. The first-order chi connectivity index (χ1) is 9.69. The zero-order chi connectivity index (χ0) is 14.4. The first-order valence-electron chi connectivity index (χ1n) is 7.05. The highest BCUT2D eigenvalue weighted by Crippen LogP contribution is 2.31. The van der Waals surface area contributed by atoms with Gasteiger partial charge in [0, 0.05) is 12.6 Å². The van der Waals surface area contributed by atoms with Crippen LogP contribution in [0.15, 0.2) is 18.2 Å². The lowest BCUT2D eigenvalue weighted by Gasteiger charge is -2.23. The predicted molar refractivity (Wildman–Crippen MR) is 74.7 cm³/mol. The summed E-state index contributed by atoms with van der Waals surface area (Å²) in [7, 11) is 1.55. The molecule has 0 spiro atoms. The molecule has 1 aromatic carbocycles. The lowest BCUT2D eigenvalue weighted by molar-refractivity contribution is -0.0494. The van der Waals surface area contributed by atoms with Crippen LogP contribution in [0.5, 0.6) is 11.5 Å². The standard InChI is InChI=1S/C15H21F2NO2/c1-19-12-7-8-14(20-15(16)17)13(9-12)18-10-11-5-3-2-4-6-11/h7-9,11,15,18H,2-6,10H2,1H3. The van der Waals surface area contributed by atoms with Gasteiger partial charge >= 0.3 is 6.61 Å². The lowest BCUT2D eigenvalue weighted by atomic mass is 9.89. The highest BCUT2D eigenvalue weighted by Gasteiger charge is 2.15. The van der Waals surface area contributed by atoms with Gasteiger partial charge in [0.25, 0.3) is 0 Å². The average molecular weight is 285 g/mol. The van der Waals surface area contributed by atoms with Gasteiger partial charge in [0.2, 0.25) is 0 Å². The number of hydrogen-bond acceptors (Lipinski definition) is 3. The van der Waals surface area contributed by atoms with Gasteiger partial charge in [-0.25, -0.2) is 0 Å². The van der Waals surface area contributed by atoms with Crippen LogP contribution in [0.2, 0.25) is 0 Å². The molecule has 1 fully saturated rings. The Bertz CT molecular complexity index is 420. The quantitative estimate of drug-likeness (QED) is 0.845. The SMILES string of the molecule is COc1ccc(OC(F)F)c(NCC2CCCCC2)c1. The third kappa shape index (κ3) is 4.25. The van der Waals surface area contributed by atoms with E-state index in [9.17, 15) is 8.78 Å². The second kappa shape index (κ2) is 7.31. The first kappa shape index (κ1) is 14.9. The highest BCUT2D eigenvalue weighted by molar-refractivity contribution is 5.59. The van der Waals surface area contributed by atoms with Gasteiger partial charge in [0.15, 0.2) is 0 Å². The van der Waals surface area contributed by atoms with Gasteiger partial charge in [-0.3, -0.25) is 0 Å². The van der Waals surface area contributed by atoms with Gasteiger partial charge in [-0.2, -0.15) is 8.78 Å². The molecule has 2 rings (SSSR count). The van der Waals surface area contributed by atoms with Crippen molar-refractivity contribution in [2.24, 2.45) is 5.92 Å². The minimum Gasteiger partial charge on any atom is -0.497 e. The molecule has 20 heavy (non-hydrogen) atoms. The molecular weight excluding hydrogens is 264 g/mol. The molecule has 1 aromatic rings. The summed E-state index contributed by atoms with van der Waals surface area (Å²) in [6, 6.07) is 4.82. The summed E-state index contributed by atoms with van der Waals surface area (Å²) in [6.07, 6.45) is 6.20. The molecule has 0 atom stereocenters. The summed E-state index contributed by atoms with van der Waals surface area (Å²) in [5.74, 6) is 1.39. The van der Waals surface area contributed by atoms with Crippen molar-refractivity contribution in [3.63, 3.8) is 0 Å². The number of rotatable bonds is 6. The Morgan fingerprint density at radius 1 is 1.25 bits per heavy atom. The summed E-state index contributed by atoms with van der Waals surface area (Å²) in [4.78, 5) is 0. The number of hydrogen-bond donors (Lipinski definition) is 1. The second-order valence-electron chi connectivity index (χ2n) is 5.13. The van der Waals surface area contributed by atoms with Gasteiger partial charge < -0.3 is 14.8 Å². The van der Waals surface area contributed by atoms with Crippen molar-refractivity contribution < 1.29 is 18.3 Å². The Kier molecular flexibility index (Phi) is 5.44. The van der Waals surface area contributed by atoms with E-state index < -0.39 is 6.61 Å². The summed E-state index contributed by atoms with van der Waals surface area (Å²) < 4.78 is 34.5. The fourth-order valence-electron chi connectivity index (χ4n) is 2.62. The van der Waals surface area contributed by atoms with E-state index in [0.29, 0.717) is 17.4 Å². The summed E-state index contributed by atoms with van der Waals surface area (Å²) in [5.41, 5.74) is 0.565. The third-order valence-electron chi connectivity index (χ3n) is 3.71.